The van der Waals surface area contributed by atoms with Crippen LogP contribution in [0, 0.1) is 0 Å². The molecule has 1 aromatic heterocycles. The molecule has 1 aromatic carbocycles. The molecule has 0 unspecified atom stereocenters. The molecule has 25 heavy (non-hydrogen) atoms. The standard InChI is InChI=1S/C19H27N3O3/c1-14(2)19-21-16-13-15(6-7-17(16)25-19)20-18(23)5-3-4-8-22-9-11-24-12-10-22/h6-7,13-14H,3-5,8-12H2,1-2H3,(H,20,23). The predicted molar refractivity (Wildman–Crippen MR) is 97.8 cm³/mol. The smallest absolute Gasteiger partial charge is 0.224 e. The van der Waals surface area contributed by atoms with Gasteiger partial charge in [-0.15, -0.1) is 0 Å². The van der Waals surface area contributed by atoms with Crippen molar-refractivity contribution >= 4 is 22.7 Å². The summed E-state index contributed by atoms with van der Waals surface area (Å²) in [6.45, 7) is 8.78. The van der Waals surface area contributed by atoms with Crippen molar-refractivity contribution in [2.24, 2.45) is 0 Å². The molecule has 1 fully saturated rings. The Morgan fingerprint density at radius 2 is 2.08 bits per heavy atom. The first-order valence-corrected chi connectivity index (χ1v) is 9.12. The summed E-state index contributed by atoms with van der Waals surface area (Å²) in [5.41, 5.74) is 2.32. The predicted octanol–water partition coefficient (Wildman–Crippen LogP) is 3.39. The summed E-state index contributed by atoms with van der Waals surface area (Å²) in [5.74, 6) is 1.02. The SMILES string of the molecule is CC(C)c1nc2cc(NC(=O)CCCCN3CCOCC3)ccc2o1. The van der Waals surface area contributed by atoms with Crippen molar-refractivity contribution in [3.63, 3.8) is 0 Å². The summed E-state index contributed by atoms with van der Waals surface area (Å²) in [4.78, 5) is 19.0. The maximum Gasteiger partial charge on any atom is 0.224 e. The lowest BCUT2D eigenvalue weighted by Crippen LogP contribution is -2.36. The summed E-state index contributed by atoms with van der Waals surface area (Å²) < 4.78 is 11.0. The molecule has 6 heteroatoms. The molecule has 0 spiro atoms. The maximum atomic E-state index is 12.1. The number of carbonyl (C=O) groups excluding carboxylic acids is 1. The Morgan fingerprint density at radius 3 is 2.84 bits per heavy atom. The van der Waals surface area contributed by atoms with Crippen molar-refractivity contribution < 1.29 is 13.9 Å². The van der Waals surface area contributed by atoms with Crippen LogP contribution in [0.25, 0.3) is 11.1 Å². The van der Waals surface area contributed by atoms with Crippen LogP contribution in [0.3, 0.4) is 0 Å². The van der Waals surface area contributed by atoms with Crippen molar-refractivity contribution in [1.29, 1.82) is 0 Å². The average molecular weight is 345 g/mol. The number of aromatic nitrogens is 1. The number of unbranched alkanes of at least 4 members (excludes halogenated alkanes) is 1. The highest BCUT2D eigenvalue weighted by Gasteiger charge is 2.12. The van der Waals surface area contributed by atoms with E-state index in [9.17, 15) is 4.79 Å². The molecule has 136 valence electrons. The van der Waals surface area contributed by atoms with Gasteiger partial charge in [0.25, 0.3) is 0 Å². The molecule has 0 aliphatic carbocycles. The fraction of sp³-hybridized carbons (Fsp3) is 0.579. The first kappa shape index (κ1) is 17.9. The second kappa shape index (κ2) is 8.45. The molecule has 1 amide bonds. The number of amides is 1. The van der Waals surface area contributed by atoms with Gasteiger partial charge < -0.3 is 14.5 Å². The van der Waals surface area contributed by atoms with Crippen LogP contribution in [0.4, 0.5) is 5.69 Å². The largest absolute Gasteiger partial charge is 0.440 e. The molecule has 1 N–H and O–H groups in total. The van der Waals surface area contributed by atoms with E-state index in [-0.39, 0.29) is 11.8 Å². The molecule has 2 heterocycles. The number of rotatable bonds is 7. The zero-order valence-corrected chi connectivity index (χ0v) is 15.1. The van der Waals surface area contributed by atoms with Crippen LogP contribution in [0.1, 0.15) is 44.9 Å². The topological polar surface area (TPSA) is 67.6 Å². The summed E-state index contributed by atoms with van der Waals surface area (Å²) in [6.07, 6.45) is 2.47. The van der Waals surface area contributed by atoms with Gasteiger partial charge in [-0.1, -0.05) is 13.8 Å². The van der Waals surface area contributed by atoms with Gasteiger partial charge in [-0.05, 0) is 37.6 Å². The van der Waals surface area contributed by atoms with Crippen molar-refractivity contribution in [1.82, 2.24) is 9.88 Å². The monoisotopic (exact) mass is 345 g/mol. The Hall–Kier alpha value is -1.92. The minimum atomic E-state index is 0.0499. The van der Waals surface area contributed by atoms with Crippen LogP contribution < -0.4 is 5.32 Å². The quantitative estimate of drug-likeness (QED) is 0.779. The zero-order chi connectivity index (χ0) is 17.6. The maximum absolute atomic E-state index is 12.1. The molecule has 2 aromatic rings. The second-order valence-electron chi connectivity index (χ2n) is 6.85. The van der Waals surface area contributed by atoms with E-state index in [1.54, 1.807) is 0 Å². The average Bonchev–Trinajstić information content (AvgIpc) is 3.03. The van der Waals surface area contributed by atoms with Crippen molar-refractivity contribution in [2.75, 3.05) is 38.2 Å². The van der Waals surface area contributed by atoms with E-state index in [1.165, 1.54) is 0 Å². The Bertz CT molecular complexity index is 705. The highest BCUT2D eigenvalue weighted by molar-refractivity contribution is 5.92. The third kappa shape index (κ3) is 5.03. The molecule has 1 aliphatic heterocycles. The molecular formula is C19H27N3O3. The number of anilines is 1. The number of carbonyl (C=O) groups is 1. The van der Waals surface area contributed by atoms with E-state index in [1.807, 2.05) is 32.0 Å². The lowest BCUT2D eigenvalue weighted by Gasteiger charge is -2.26. The highest BCUT2D eigenvalue weighted by Crippen LogP contribution is 2.23. The van der Waals surface area contributed by atoms with E-state index in [0.717, 1.165) is 68.4 Å². The first-order valence-electron chi connectivity index (χ1n) is 9.12. The fourth-order valence-electron chi connectivity index (χ4n) is 2.94. The summed E-state index contributed by atoms with van der Waals surface area (Å²) in [7, 11) is 0. The van der Waals surface area contributed by atoms with Gasteiger partial charge in [0.05, 0.1) is 13.2 Å². The number of ether oxygens (including phenoxy) is 1. The van der Waals surface area contributed by atoms with Crippen LogP contribution in [0.5, 0.6) is 0 Å². The van der Waals surface area contributed by atoms with Gasteiger partial charge in [0.2, 0.25) is 5.91 Å². The van der Waals surface area contributed by atoms with E-state index in [4.69, 9.17) is 9.15 Å². The van der Waals surface area contributed by atoms with Gasteiger partial charge in [-0.2, -0.15) is 0 Å². The minimum Gasteiger partial charge on any atom is -0.440 e. The lowest BCUT2D eigenvalue weighted by atomic mass is 10.2. The number of hydrogen-bond donors (Lipinski definition) is 1. The molecule has 6 nitrogen and oxygen atoms in total. The minimum absolute atomic E-state index is 0.0499. The number of nitrogens with one attached hydrogen (secondary N) is 1. The summed E-state index contributed by atoms with van der Waals surface area (Å²) in [6, 6.07) is 5.60. The van der Waals surface area contributed by atoms with Crippen molar-refractivity contribution in [3.05, 3.63) is 24.1 Å². The van der Waals surface area contributed by atoms with Crippen LogP contribution in [0.15, 0.2) is 22.6 Å². The van der Waals surface area contributed by atoms with E-state index >= 15 is 0 Å². The molecular weight excluding hydrogens is 318 g/mol. The van der Waals surface area contributed by atoms with Gasteiger partial charge in [0, 0.05) is 31.1 Å². The normalized spacial score (nSPS) is 15.8. The van der Waals surface area contributed by atoms with Gasteiger partial charge in [-0.25, -0.2) is 4.98 Å². The van der Waals surface area contributed by atoms with Crippen LogP contribution in [-0.2, 0) is 9.53 Å². The zero-order valence-electron chi connectivity index (χ0n) is 15.1. The van der Waals surface area contributed by atoms with E-state index in [0.29, 0.717) is 6.42 Å². The Kier molecular flexibility index (Phi) is 6.04. The first-order chi connectivity index (χ1) is 12.1. The Balaban J connectivity index is 1.44. The summed E-state index contributed by atoms with van der Waals surface area (Å²) >= 11 is 0. The highest BCUT2D eigenvalue weighted by atomic mass is 16.5. The molecule has 0 saturated carbocycles. The Labute approximate surface area is 148 Å². The number of nitrogens with zero attached hydrogens (tertiary/aromatic N) is 2. The van der Waals surface area contributed by atoms with Crippen molar-refractivity contribution in [2.45, 2.75) is 39.0 Å². The van der Waals surface area contributed by atoms with Crippen LogP contribution in [0.2, 0.25) is 0 Å². The Morgan fingerprint density at radius 1 is 1.28 bits per heavy atom. The molecule has 3 rings (SSSR count). The van der Waals surface area contributed by atoms with E-state index < -0.39 is 0 Å². The number of benzene rings is 1. The molecule has 0 radical (unpaired) electrons. The van der Waals surface area contributed by atoms with Crippen LogP contribution >= 0.6 is 0 Å². The second-order valence-corrected chi connectivity index (χ2v) is 6.85. The van der Waals surface area contributed by atoms with Gasteiger partial charge >= 0.3 is 0 Å². The third-order valence-corrected chi connectivity index (χ3v) is 4.41. The number of morpholine rings is 1. The molecule has 1 aliphatic rings. The van der Waals surface area contributed by atoms with Gasteiger partial charge in [0.15, 0.2) is 11.5 Å². The number of hydrogen-bond acceptors (Lipinski definition) is 5. The van der Waals surface area contributed by atoms with Crippen molar-refractivity contribution in [3.8, 4) is 0 Å². The molecule has 0 bridgehead atoms. The third-order valence-electron chi connectivity index (χ3n) is 4.41. The summed E-state index contributed by atoms with van der Waals surface area (Å²) in [5, 5.41) is 2.96. The van der Waals surface area contributed by atoms with E-state index in [2.05, 4.69) is 15.2 Å². The molecule has 0 atom stereocenters. The van der Waals surface area contributed by atoms with Gasteiger partial charge in [-0.3, -0.25) is 9.69 Å². The fourth-order valence-corrected chi connectivity index (χ4v) is 2.94. The van der Waals surface area contributed by atoms with Crippen LogP contribution in [-0.4, -0.2) is 48.6 Å². The number of oxazole rings is 1. The lowest BCUT2D eigenvalue weighted by molar-refractivity contribution is -0.116. The number of fused-ring (bicyclic) bond motifs is 1. The molecule has 1 saturated heterocycles. The van der Waals surface area contributed by atoms with Gasteiger partial charge in [0.1, 0.15) is 5.52 Å².